The lowest BCUT2D eigenvalue weighted by Gasteiger charge is -2.31. The third kappa shape index (κ3) is 4.45. The summed E-state index contributed by atoms with van der Waals surface area (Å²) in [5.74, 6) is 1.62. The molecule has 2 aromatic carbocycles. The summed E-state index contributed by atoms with van der Waals surface area (Å²) in [5, 5.41) is 5.31. The van der Waals surface area contributed by atoms with Crippen molar-refractivity contribution in [3.63, 3.8) is 0 Å². The number of hydrogen-bond acceptors (Lipinski definition) is 4. The van der Waals surface area contributed by atoms with Crippen LogP contribution in [-0.2, 0) is 0 Å². The molecule has 1 fully saturated rings. The van der Waals surface area contributed by atoms with E-state index in [1.165, 1.54) is 4.68 Å². The molecule has 0 spiro atoms. The molecule has 4 rings (SSSR count). The maximum absolute atomic E-state index is 13.1. The third-order valence-electron chi connectivity index (χ3n) is 5.14. The van der Waals surface area contributed by atoms with Crippen LogP contribution in [0.5, 0.6) is 5.75 Å². The predicted molar refractivity (Wildman–Crippen MR) is 117 cm³/mol. The molecule has 8 heteroatoms. The van der Waals surface area contributed by atoms with Crippen molar-refractivity contribution >= 4 is 29.1 Å². The topological polar surface area (TPSA) is 60.3 Å². The van der Waals surface area contributed by atoms with Crippen molar-refractivity contribution in [2.24, 2.45) is 5.92 Å². The Labute approximate surface area is 185 Å². The molecule has 156 valence electrons. The number of rotatable bonds is 5. The Balaban J connectivity index is 1.46. The summed E-state index contributed by atoms with van der Waals surface area (Å²) in [7, 11) is 0. The Kier molecular flexibility index (Phi) is 6.25. The molecule has 1 atom stereocenters. The van der Waals surface area contributed by atoms with Gasteiger partial charge in [0.25, 0.3) is 5.91 Å². The Hall–Kier alpha value is -2.57. The van der Waals surface area contributed by atoms with Crippen LogP contribution in [0.25, 0.3) is 5.69 Å². The van der Waals surface area contributed by atoms with Gasteiger partial charge in [0.1, 0.15) is 17.3 Å². The number of piperidine rings is 1. The number of aromatic nitrogens is 3. The van der Waals surface area contributed by atoms with Gasteiger partial charge in [-0.05, 0) is 44.0 Å². The normalized spacial score (nSPS) is 16.5. The van der Waals surface area contributed by atoms with E-state index >= 15 is 0 Å². The molecule has 0 radical (unpaired) electrons. The van der Waals surface area contributed by atoms with E-state index in [9.17, 15) is 4.79 Å². The SMILES string of the molecule is Cc1nc(C(=O)N2CCCC(COc3ccccc3)C2)nn1-c1c(Cl)cccc1Cl. The summed E-state index contributed by atoms with van der Waals surface area (Å²) in [6.07, 6.45) is 1.94. The summed E-state index contributed by atoms with van der Waals surface area (Å²) in [6.45, 7) is 3.65. The van der Waals surface area contributed by atoms with E-state index in [0.29, 0.717) is 41.3 Å². The molecule has 6 nitrogen and oxygen atoms in total. The molecular weight excluding hydrogens is 423 g/mol. The molecule has 1 aliphatic rings. The van der Waals surface area contributed by atoms with Gasteiger partial charge in [-0.25, -0.2) is 9.67 Å². The fourth-order valence-corrected chi connectivity index (χ4v) is 4.20. The second kappa shape index (κ2) is 9.06. The lowest BCUT2D eigenvalue weighted by Crippen LogP contribution is -2.42. The summed E-state index contributed by atoms with van der Waals surface area (Å²) in [6, 6.07) is 14.9. The molecular formula is C22H22Cl2N4O2. The van der Waals surface area contributed by atoms with E-state index in [4.69, 9.17) is 27.9 Å². The van der Waals surface area contributed by atoms with Gasteiger partial charge in [0, 0.05) is 19.0 Å². The third-order valence-corrected chi connectivity index (χ3v) is 5.75. The molecule has 30 heavy (non-hydrogen) atoms. The first-order valence-electron chi connectivity index (χ1n) is 9.88. The van der Waals surface area contributed by atoms with E-state index in [0.717, 1.165) is 18.6 Å². The van der Waals surface area contributed by atoms with Crippen molar-refractivity contribution in [2.45, 2.75) is 19.8 Å². The van der Waals surface area contributed by atoms with Crippen LogP contribution < -0.4 is 4.74 Å². The number of carbonyl (C=O) groups excluding carboxylic acids is 1. The highest BCUT2D eigenvalue weighted by molar-refractivity contribution is 6.37. The summed E-state index contributed by atoms with van der Waals surface area (Å²) in [4.78, 5) is 19.2. The Bertz CT molecular complexity index is 1020. The summed E-state index contributed by atoms with van der Waals surface area (Å²) >= 11 is 12.6. The van der Waals surface area contributed by atoms with Crippen LogP contribution in [0.15, 0.2) is 48.5 Å². The first-order chi connectivity index (χ1) is 14.5. The number of benzene rings is 2. The zero-order valence-electron chi connectivity index (χ0n) is 16.6. The highest BCUT2D eigenvalue weighted by atomic mass is 35.5. The lowest BCUT2D eigenvalue weighted by atomic mass is 9.99. The standard InChI is InChI=1S/C22H22Cl2N4O2/c1-15-25-21(26-28(15)20-18(23)10-5-11-19(20)24)22(29)27-12-6-7-16(13-27)14-30-17-8-3-2-4-9-17/h2-5,8-11,16H,6-7,12-14H2,1H3. The number of para-hydroxylation sites is 2. The fraction of sp³-hybridized carbons (Fsp3) is 0.318. The number of hydrogen-bond donors (Lipinski definition) is 0. The molecule has 0 saturated carbocycles. The van der Waals surface area contributed by atoms with Gasteiger partial charge >= 0.3 is 0 Å². The van der Waals surface area contributed by atoms with Gasteiger partial charge in [0.05, 0.1) is 16.7 Å². The van der Waals surface area contributed by atoms with Crippen LogP contribution in [0.4, 0.5) is 0 Å². The summed E-state index contributed by atoms with van der Waals surface area (Å²) in [5.41, 5.74) is 0.526. The van der Waals surface area contributed by atoms with Crippen LogP contribution in [0, 0.1) is 12.8 Å². The maximum atomic E-state index is 13.1. The monoisotopic (exact) mass is 444 g/mol. The number of nitrogens with zero attached hydrogens (tertiary/aromatic N) is 4. The van der Waals surface area contributed by atoms with Gasteiger partial charge in [0.2, 0.25) is 5.82 Å². The van der Waals surface area contributed by atoms with Gasteiger partial charge in [-0.2, -0.15) is 0 Å². The maximum Gasteiger partial charge on any atom is 0.293 e. The molecule has 0 N–H and O–H groups in total. The molecule has 1 aliphatic heterocycles. The second-order valence-electron chi connectivity index (χ2n) is 7.35. The average Bonchev–Trinajstić information content (AvgIpc) is 3.14. The van der Waals surface area contributed by atoms with Crippen molar-refractivity contribution in [1.29, 1.82) is 0 Å². The van der Waals surface area contributed by atoms with Gasteiger partial charge in [-0.15, -0.1) is 5.10 Å². The molecule has 2 heterocycles. The summed E-state index contributed by atoms with van der Waals surface area (Å²) < 4.78 is 7.41. The zero-order valence-corrected chi connectivity index (χ0v) is 18.1. The van der Waals surface area contributed by atoms with Gasteiger partial charge in [0.15, 0.2) is 0 Å². The molecule has 1 amide bonds. The van der Waals surface area contributed by atoms with E-state index < -0.39 is 0 Å². The fourth-order valence-electron chi connectivity index (χ4n) is 3.64. The highest BCUT2D eigenvalue weighted by Gasteiger charge is 2.28. The van der Waals surface area contributed by atoms with Crippen molar-refractivity contribution in [1.82, 2.24) is 19.7 Å². The number of carbonyl (C=O) groups is 1. The van der Waals surface area contributed by atoms with Gasteiger partial charge < -0.3 is 9.64 Å². The predicted octanol–water partition coefficient (Wildman–Crippen LogP) is 4.81. The van der Waals surface area contributed by atoms with Crippen LogP contribution in [0.3, 0.4) is 0 Å². The van der Waals surface area contributed by atoms with Crippen LogP contribution in [0.2, 0.25) is 10.0 Å². The zero-order chi connectivity index (χ0) is 21.1. The minimum absolute atomic E-state index is 0.146. The van der Waals surface area contributed by atoms with Crippen molar-refractivity contribution < 1.29 is 9.53 Å². The molecule has 3 aromatic rings. The number of amides is 1. The number of ether oxygens (including phenoxy) is 1. The highest BCUT2D eigenvalue weighted by Crippen LogP contribution is 2.29. The molecule has 0 bridgehead atoms. The van der Waals surface area contributed by atoms with Crippen LogP contribution >= 0.6 is 23.2 Å². The smallest absolute Gasteiger partial charge is 0.293 e. The molecule has 1 unspecified atom stereocenters. The number of halogens is 2. The Morgan fingerprint density at radius 2 is 1.87 bits per heavy atom. The largest absolute Gasteiger partial charge is 0.493 e. The number of likely N-dealkylation sites (tertiary alicyclic amines) is 1. The van der Waals surface area contributed by atoms with Gasteiger partial charge in [-0.3, -0.25) is 4.79 Å². The first kappa shape index (κ1) is 20.7. The quantitative estimate of drug-likeness (QED) is 0.566. The minimum atomic E-state index is -0.190. The lowest BCUT2D eigenvalue weighted by molar-refractivity contribution is 0.0621. The van der Waals surface area contributed by atoms with E-state index in [2.05, 4.69) is 10.1 Å². The number of aryl methyl sites for hydroxylation is 1. The van der Waals surface area contributed by atoms with Crippen molar-refractivity contribution in [3.05, 3.63) is 70.2 Å². The minimum Gasteiger partial charge on any atom is -0.493 e. The Morgan fingerprint density at radius 3 is 2.60 bits per heavy atom. The van der Waals surface area contributed by atoms with Crippen LogP contribution in [-0.4, -0.2) is 45.3 Å². The Morgan fingerprint density at radius 1 is 1.13 bits per heavy atom. The van der Waals surface area contributed by atoms with E-state index in [-0.39, 0.29) is 17.6 Å². The van der Waals surface area contributed by atoms with E-state index in [1.807, 2.05) is 30.3 Å². The molecule has 1 saturated heterocycles. The average molecular weight is 445 g/mol. The van der Waals surface area contributed by atoms with Crippen molar-refractivity contribution in [3.8, 4) is 11.4 Å². The van der Waals surface area contributed by atoms with Crippen molar-refractivity contribution in [2.75, 3.05) is 19.7 Å². The van der Waals surface area contributed by atoms with E-state index in [1.54, 1.807) is 30.0 Å². The second-order valence-corrected chi connectivity index (χ2v) is 8.16. The van der Waals surface area contributed by atoms with Crippen LogP contribution in [0.1, 0.15) is 29.3 Å². The molecule has 0 aliphatic carbocycles. The molecule has 1 aromatic heterocycles. The van der Waals surface area contributed by atoms with Gasteiger partial charge in [-0.1, -0.05) is 47.5 Å². The first-order valence-corrected chi connectivity index (χ1v) is 10.6.